The van der Waals surface area contributed by atoms with Crippen LogP contribution in [0.2, 0.25) is 0 Å². The Hall–Kier alpha value is -2.51. The molecule has 0 aliphatic carbocycles. The fourth-order valence-electron chi connectivity index (χ4n) is 0.989. The molecule has 0 heterocycles. The van der Waals surface area contributed by atoms with E-state index in [2.05, 4.69) is 5.10 Å². The second kappa shape index (κ2) is 4.13. The molecule has 0 aliphatic rings. The number of hydrazone groups is 1. The maximum atomic E-state index is 10.4. The van der Waals surface area contributed by atoms with Crippen molar-refractivity contribution in [1.82, 2.24) is 0 Å². The van der Waals surface area contributed by atoms with Gasteiger partial charge in [0.25, 0.3) is 11.4 Å². The van der Waals surface area contributed by atoms with Gasteiger partial charge in [0.05, 0.1) is 22.1 Å². The lowest BCUT2D eigenvalue weighted by molar-refractivity contribution is -0.394. The Morgan fingerprint density at radius 3 is 1.93 bits per heavy atom. The van der Waals surface area contributed by atoms with E-state index in [1.807, 2.05) is 0 Å². The summed E-state index contributed by atoms with van der Waals surface area (Å²) >= 11 is 0. The molecule has 0 atom stereocenters. The zero-order valence-electron chi connectivity index (χ0n) is 7.36. The Labute approximate surface area is 83.3 Å². The van der Waals surface area contributed by atoms with Gasteiger partial charge in [-0.2, -0.15) is 5.10 Å². The fourth-order valence-corrected chi connectivity index (χ4v) is 0.989. The number of nitrogens with zero attached hydrogens (tertiary/aromatic N) is 3. The summed E-state index contributed by atoms with van der Waals surface area (Å²) in [4.78, 5) is 19.4. The molecule has 1 aromatic carbocycles. The van der Waals surface area contributed by atoms with Crippen LogP contribution in [0.1, 0.15) is 5.56 Å². The third-order valence-electron chi connectivity index (χ3n) is 1.57. The van der Waals surface area contributed by atoms with Gasteiger partial charge in [-0.05, 0) is 0 Å². The van der Waals surface area contributed by atoms with Crippen molar-refractivity contribution in [1.29, 1.82) is 0 Å². The smallest absolute Gasteiger partial charge is 0.276 e. The van der Waals surface area contributed by atoms with Crippen LogP contribution in [0.4, 0.5) is 11.4 Å². The Morgan fingerprint density at radius 2 is 1.60 bits per heavy atom. The summed E-state index contributed by atoms with van der Waals surface area (Å²) in [5, 5.41) is 24.0. The van der Waals surface area contributed by atoms with Crippen LogP contribution >= 0.6 is 0 Å². The standard InChI is InChI=1S/C7H6N4O4/c8-9-4-5-1-6(10(12)13)3-7(2-5)11(14)15/h1-4H,8H2/b9-4+. The lowest BCUT2D eigenvalue weighted by Gasteiger charge is -1.95. The molecule has 0 unspecified atom stereocenters. The predicted octanol–water partition coefficient (Wildman–Crippen LogP) is 0.796. The topological polar surface area (TPSA) is 125 Å². The van der Waals surface area contributed by atoms with Crippen LogP contribution in [-0.2, 0) is 0 Å². The molecule has 0 spiro atoms. The van der Waals surface area contributed by atoms with Gasteiger partial charge in [0, 0.05) is 17.7 Å². The molecule has 78 valence electrons. The van der Waals surface area contributed by atoms with E-state index in [1.165, 1.54) is 0 Å². The summed E-state index contributed by atoms with van der Waals surface area (Å²) in [5.41, 5.74) is -0.545. The van der Waals surface area contributed by atoms with E-state index in [-0.39, 0.29) is 16.9 Å². The summed E-state index contributed by atoms with van der Waals surface area (Å²) in [6, 6.07) is 3.15. The van der Waals surface area contributed by atoms with Crippen LogP contribution in [0.15, 0.2) is 23.3 Å². The van der Waals surface area contributed by atoms with Crippen molar-refractivity contribution in [2.75, 3.05) is 0 Å². The molecule has 0 amide bonds. The Kier molecular flexibility index (Phi) is 2.91. The molecule has 0 fully saturated rings. The second-order valence-corrected chi connectivity index (χ2v) is 2.58. The van der Waals surface area contributed by atoms with E-state index >= 15 is 0 Å². The number of benzene rings is 1. The SMILES string of the molecule is N/N=C/c1cc([N+](=O)[O-])cc([N+](=O)[O-])c1. The molecule has 2 N–H and O–H groups in total. The number of nitro benzene ring substituents is 2. The van der Waals surface area contributed by atoms with E-state index < -0.39 is 9.85 Å². The molecule has 0 bridgehead atoms. The molecule has 0 aliphatic heterocycles. The van der Waals surface area contributed by atoms with Crippen molar-refractivity contribution in [2.24, 2.45) is 10.9 Å². The van der Waals surface area contributed by atoms with Crippen LogP contribution in [0.3, 0.4) is 0 Å². The minimum absolute atomic E-state index is 0.207. The Balaban J connectivity index is 3.32. The van der Waals surface area contributed by atoms with Crippen molar-refractivity contribution in [3.8, 4) is 0 Å². The molecule has 0 saturated heterocycles. The van der Waals surface area contributed by atoms with E-state index in [0.717, 1.165) is 24.4 Å². The van der Waals surface area contributed by atoms with E-state index in [9.17, 15) is 20.2 Å². The number of non-ortho nitro benzene ring substituents is 2. The minimum Gasteiger partial charge on any atom is -0.323 e. The highest BCUT2D eigenvalue weighted by Crippen LogP contribution is 2.21. The van der Waals surface area contributed by atoms with Gasteiger partial charge in [-0.3, -0.25) is 20.2 Å². The highest BCUT2D eigenvalue weighted by Gasteiger charge is 2.15. The molecule has 8 heteroatoms. The molecule has 0 aromatic heterocycles. The van der Waals surface area contributed by atoms with Gasteiger partial charge >= 0.3 is 0 Å². The Bertz CT molecular complexity index is 410. The minimum atomic E-state index is -0.721. The molecule has 1 rings (SSSR count). The lowest BCUT2D eigenvalue weighted by Crippen LogP contribution is -1.95. The summed E-state index contributed by atoms with van der Waals surface area (Å²) in [5.74, 6) is 4.84. The molecular formula is C7H6N4O4. The molecule has 8 nitrogen and oxygen atoms in total. The first-order valence-corrected chi connectivity index (χ1v) is 3.71. The van der Waals surface area contributed by atoms with E-state index in [4.69, 9.17) is 5.84 Å². The number of hydrogen-bond acceptors (Lipinski definition) is 6. The van der Waals surface area contributed by atoms with Crippen molar-refractivity contribution >= 4 is 17.6 Å². The first-order chi connectivity index (χ1) is 7.04. The number of nitrogens with two attached hydrogens (primary N) is 1. The first-order valence-electron chi connectivity index (χ1n) is 3.71. The van der Waals surface area contributed by atoms with Gasteiger partial charge in [0.2, 0.25) is 0 Å². The molecule has 15 heavy (non-hydrogen) atoms. The van der Waals surface area contributed by atoms with Gasteiger partial charge in [-0.1, -0.05) is 0 Å². The van der Waals surface area contributed by atoms with Crippen molar-refractivity contribution in [3.05, 3.63) is 44.0 Å². The third-order valence-corrected chi connectivity index (χ3v) is 1.57. The number of rotatable bonds is 3. The maximum absolute atomic E-state index is 10.4. The summed E-state index contributed by atoms with van der Waals surface area (Å²) in [6.45, 7) is 0. The van der Waals surface area contributed by atoms with Gasteiger partial charge in [0.1, 0.15) is 0 Å². The van der Waals surface area contributed by atoms with Crippen LogP contribution < -0.4 is 5.84 Å². The maximum Gasteiger partial charge on any atom is 0.276 e. The largest absolute Gasteiger partial charge is 0.323 e. The number of hydrogen-bond donors (Lipinski definition) is 1. The zero-order chi connectivity index (χ0) is 11.4. The first kappa shape index (κ1) is 10.6. The van der Waals surface area contributed by atoms with Crippen LogP contribution in [0.5, 0.6) is 0 Å². The van der Waals surface area contributed by atoms with E-state index in [1.54, 1.807) is 0 Å². The lowest BCUT2D eigenvalue weighted by atomic mass is 10.2. The van der Waals surface area contributed by atoms with E-state index in [0.29, 0.717) is 0 Å². The molecule has 0 radical (unpaired) electrons. The number of nitro groups is 2. The van der Waals surface area contributed by atoms with Crippen LogP contribution in [-0.4, -0.2) is 16.1 Å². The van der Waals surface area contributed by atoms with Gasteiger partial charge < -0.3 is 5.84 Å². The zero-order valence-corrected chi connectivity index (χ0v) is 7.36. The molecule has 1 aromatic rings. The highest BCUT2D eigenvalue weighted by molar-refractivity contribution is 5.81. The second-order valence-electron chi connectivity index (χ2n) is 2.58. The van der Waals surface area contributed by atoms with Crippen molar-refractivity contribution in [3.63, 3.8) is 0 Å². The molecule has 0 saturated carbocycles. The fraction of sp³-hybridized carbons (Fsp3) is 0. The summed E-state index contributed by atoms with van der Waals surface area (Å²) in [6.07, 6.45) is 1.10. The van der Waals surface area contributed by atoms with Gasteiger partial charge in [-0.25, -0.2) is 0 Å². The van der Waals surface area contributed by atoms with Gasteiger partial charge in [0.15, 0.2) is 0 Å². The van der Waals surface area contributed by atoms with Crippen molar-refractivity contribution < 1.29 is 9.85 Å². The predicted molar refractivity (Wildman–Crippen MR) is 51.5 cm³/mol. The van der Waals surface area contributed by atoms with Crippen LogP contribution in [0, 0.1) is 20.2 Å². The quantitative estimate of drug-likeness (QED) is 0.341. The normalized spacial score (nSPS) is 10.4. The monoisotopic (exact) mass is 210 g/mol. The highest BCUT2D eigenvalue weighted by atomic mass is 16.6. The van der Waals surface area contributed by atoms with Crippen LogP contribution in [0.25, 0.3) is 0 Å². The third kappa shape index (κ3) is 2.46. The van der Waals surface area contributed by atoms with Crippen molar-refractivity contribution in [2.45, 2.75) is 0 Å². The summed E-state index contributed by atoms with van der Waals surface area (Å²) < 4.78 is 0. The molecular weight excluding hydrogens is 204 g/mol. The summed E-state index contributed by atoms with van der Waals surface area (Å²) in [7, 11) is 0. The average molecular weight is 210 g/mol. The van der Waals surface area contributed by atoms with Gasteiger partial charge in [-0.15, -0.1) is 0 Å². The Morgan fingerprint density at radius 1 is 1.13 bits per heavy atom. The average Bonchev–Trinajstić information content (AvgIpc) is 2.17.